The highest BCUT2D eigenvalue weighted by Gasteiger charge is 2.37. The Bertz CT molecular complexity index is 1080. The van der Waals surface area contributed by atoms with Crippen LogP contribution < -0.4 is 4.90 Å². The molecule has 1 aliphatic rings. The van der Waals surface area contributed by atoms with Gasteiger partial charge in [0.25, 0.3) is 0 Å². The largest absolute Gasteiger partial charge is 0.508 e. The first-order valence-corrected chi connectivity index (χ1v) is 11.6. The van der Waals surface area contributed by atoms with Crippen LogP contribution in [0, 0.1) is 6.92 Å². The van der Waals surface area contributed by atoms with Gasteiger partial charge in [-0.1, -0.05) is 43.6 Å². The van der Waals surface area contributed by atoms with Crippen molar-refractivity contribution in [3.8, 4) is 17.0 Å². The van der Waals surface area contributed by atoms with Crippen LogP contribution in [0.4, 0.5) is 5.13 Å². The molecule has 1 aromatic heterocycles. The van der Waals surface area contributed by atoms with Crippen LogP contribution in [0.5, 0.6) is 5.75 Å². The highest BCUT2D eigenvalue weighted by atomic mass is 35.5. The minimum atomic E-state index is -0.178. The fraction of sp³-hybridized carbons (Fsp3) is 0.273. The van der Waals surface area contributed by atoms with Crippen LogP contribution >= 0.6 is 34.7 Å². The number of hydrogen-bond acceptors (Lipinski definition) is 5. The van der Waals surface area contributed by atoms with Gasteiger partial charge in [0.15, 0.2) is 5.13 Å². The third-order valence-electron chi connectivity index (χ3n) is 5.01. The molecule has 1 N–H and O–H groups in total. The summed E-state index contributed by atoms with van der Waals surface area (Å²) in [7, 11) is 0. The summed E-state index contributed by atoms with van der Waals surface area (Å²) in [5.41, 5.74) is 4.55. The number of phenolic OH excluding ortho intramolecular Hbond substituents is 1. The number of carbonyl (C=O) groups is 1. The van der Waals surface area contributed by atoms with Crippen molar-refractivity contribution in [1.29, 1.82) is 0 Å². The van der Waals surface area contributed by atoms with Gasteiger partial charge in [-0.15, -0.1) is 23.1 Å². The number of halogens is 1. The van der Waals surface area contributed by atoms with Crippen molar-refractivity contribution in [2.45, 2.75) is 32.1 Å². The second-order valence-corrected chi connectivity index (χ2v) is 9.66. The van der Waals surface area contributed by atoms with Crippen LogP contribution in [0.2, 0.25) is 5.02 Å². The number of phenols is 1. The highest BCUT2D eigenvalue weighted by Crippen LogP contribution is 2.45. The summed E-state index contributed by atoms with van der Waals surface area (Å²) in [6.07, 6.45) is 0. The van der Waals surface area contributed by atoms with E-state index < -0.39 is 0 Å². The van der Waals surface area contributed by atoms with Gasteiger partial charge in [-0.2, -0.15) is 0 Å². The van der Waals surface area contributed by atoms with E-state index in [4.69, 9.17) is 16.6 Å². The molecule has 4 nitrogen and oxygen atoms in total. The van der Waals surface area contributed by atoms with E-state index in [1.165, 1.54) is 11.3 Å². The second kappa shape index (κ2) is 8.01. The maximum absolute atomic E-state index is 12.7. The molecule has 0 bridgehead atoms. The summed E-state index contributed by atoms with van der Waals surface area (Å²) in [5.74, 6) is 0.946. The third-order valence-corrected chi connectivity index (χ3v) is 7.39. The number of thiazole rings is 1. The quantitative estimate of drug-likeness (QED) is 0.507. The number of thioether (sulfide) groups is 1. The van der Waals surface area contributed by atoms with Crippen molar-refractivity contribution in [3.63, 3.8) is 0 Å². The van der Waals surface area contributed by atoms with Gasteiger partial charge in [-0.05, 0) is 42.2 Å². The molecule has 2 heterocycles. The van der Waals surface area contributed by atoms with Crippen molar-refractivity contribution in [2.24, 2.45) is 0 Å². The van der Waals surface area contributed by atoms with E-state index in [0.29, 0.717) is 21.7 Å². The summed E-state index contributed by atoms with van der Waals surface area (Å²) in [6.45, 7) is 6.06. The molecule has 0 saturated carbocycles. The third kappa shape index (κ3) is 3.77. The van der Waals surface area contributed by atoms with Crippen LogP contribution in [0.3, 0.4) is 0 Å². The van der Waals surface area contributed by atoms with Gasteiger partial charge in [-0.25, -0.2) is 4.98 Å². The van der Waals surface area contributed by atoms with Gasteiger partial charge in [0.05, 0.1) is 11.4 Å². The minimum absolute atomic E-state index is 0.0334. The molecule has 29 heavy (non-hydrogen) atoms. The summed E-state index contributed by atoms with van der Waals surface area (Å²) < 4.78 is 0. The SMILES string of the molecule is Cc1cc(O)c(C(C)C)cc1-c1csc(N2C(=O)CSC2c2ccccc2Cl)n1. The second-order valence-electron chi connectivity index (χ2n) is 7.34. The fourth-order valence-corrected chi connectivity index (χ4v) is 5.91. The predicted octanol–water partition coefficient (Wildman–Crippen LogP) is 6.38. The molecule has 1 amide bonds. The zero-order chi connectivity index (χ0) is 20.7. The molecule has 4 rings (SSSR count). The van der Waals surface area contributed by atoms with E-state index in [0.717, 1.165) is 27.9 Å². The normalized spacial score (nSPS) is 16.8. The Morgan fingerprint density at radius 2 is 2.03 bits per heavy atom. The molecule has 0 aliphatic carbocycles. The van der Waals surface area contributed by atoms with Crippen molar-refractivity contribution in [3.05, 3.63) is 63.5 Å². The zero-order valence-electron chi connectivity index (χ0n) is 16.3. The van der Waals surface area contributed by atoms with Crippen LogP contribution in [0.15, 0.2) is 41.8 Å². The number of nitrogens with zero attached hydrogens (tertiary/aromatic N) is 2. The molecule has 1 unspecified atom stereocenters. The molecule has 1 atom stereocenters. The lowest BCUT2D eigenvalue weighted by molar-refractivity contribution is -0.115. The first-order chi connectivity index (χ1) is 13.9. The Balaban J connectivity index is 1.73. The molecular formula is C22H21ClN2O2S2. The number of benzene rings is 2. The van der Waals surface area contributed by atoms with Gasteiger partial charge in [-0.3, -0.25) is 9.69 Å². The molecule has 3 aromatic rings. The lowest BCUT2D eigenvalue weighted by Gasteiger charge is -2.22. The summed E-state index contributed by atoms with van der Waals surface area (Å²) >= 11 is 9.41. The van der Waals surface area contributed by atoms with Gasteiger partial charge in [0, 0.05) is 21.5 Å². The smallest absolute Gasteiger partial charge is 0.240 e. The van der Waals surface area contributed by atoms with E-state index >= 15 is 0 Å². The summed E-state index contributed by atoms with van der Waals surface area (Å²) in [4.78, 5) is 19.2. The Kier molecular flexibility index (Phi) is 5.60. The first-order valence-electron chi connectivity index (χ1n) is 9.34. The Hall–Kier alpha value is -2.02. The van der Waals surface area contributed by atoms with E-state index in [9.17, 15) is 9.90 Å². The van der Waals surface area contributed by atoms with E-state index in [2.05, 4.69) is 13.8 Å². The average molecular weight is 445 g/mol. The summed E-state index contributed by atoms with van der Waals surface area (Å²) in [6, 6.07) is 11.4. The molecule has 1 fully saturated rings. The molecular weight excluding hydrogens is 424 g/mol. The molecule has 150 valence electrons. The van der Waals surface area contributed by atoms with Crippen molar-refractivity contribution >= 4 is 45.7 Å². The monoisotopic (exact) mass is 444 g/mol. The standard InChI is InChI=1S/C22H21ClN2O2S2/c1-12(2)15-9-16(13(3)8-19(15)26)18-10-29-22(24-18)25-20(27)11-28-21(25)14-6-4-5-7-17(14)23/h4-10,12,21,26H,11H2,1-3H3. The molecule has 0 radical (unpaired) electrons. The van der Waals surface area contributed by atoms with Crippen LogP contribution in [-0.2, 0) is 4.79 Å². The van der Waals surface area contributed by atoms with Gasteiger partial charge < -0.3 is 5.11 Å². The van der Waals surface area contributed by atoms with E-state index in [-0.39, 0.29) is 17.2 Å². The van der Waals surface area contributed by atoms with Crippen LogP contribution in [-0.4, -0.2) is 21.8 Å². The number of amides is 1. The van der Waals surface area contributed by atoms with Crippen molar-refractivity contribution in [1.82, 2.24) is 4.98 Å². The Morgan fingerprint density at radius 1 is 1.28 bits per heavy atom. The molecule has 1 saturated heterocycles. The maximum atomic E-state index is 12.7. The average Bonchev–Trinajstić information content (AvgIpc) is 3.28. The number of hydrogen-bond donors (Lipinski definition) is 1. The first kappa shape index (κ1) is 20.3. The summed E-state index contributed by atoms with van der Waals surface area (Å²) in [5, 5.41) is 13.4. The molecule has 2 aromatic carbocycles. The van der Waals surface area contributed by atoms with Crippen molar-refractivity contribution in [2.75, 3.05) is 10.7 Å². The van der Waals surface area contributed by atoms with Gasteiger partial charge in [0.2, 0.25) is 5.91 Å². The molecule has 0 spiro atoms. The predicted molar refractivity (Wildman–Crippen MR) is 122 cm³/mol. The number of aromatic nitrogens is 1. The van der Waals surface area contributed by atoms with Gasteiger partial charge >= 0.3 is 0 Å². The maximum Gasteiger partial charge on any atom is 0.240 e. The molecule has 7 heteroatoms. The lowest BCUT2D eigenvalue weighted by Crippen LogP contribution is -2.27. The van der Waals surface area contributed by atoms with Crippen LogP contribution in [0.25, 0.3) is 11.3 Å². The fourth-order valence-electron chi connectivity index (χ4n) is 3.48. The van der Waals surface area contributed by atoms with Crippen molar-refractivity contribution < 1.29 is 9.90 Å². The topological polar surface area (TPSA) is 53.4 Å². The van der Waals surface area contributed by atoms with E-state index in [1.54, 1.807) is 22.7 Å². The Morgan fingerprint density at radius 3 is 2.76 bits per heavy atom. The number of aryl methyl sites for hydroxylation is 1. The highest BCUT2D eigenvalue weighted by molar-refractivity contribution is 8.00. The number of rotatable bonds is 4. The Labute approximate surface area is 183 Å². The lowest BCUT2D eigenvalue weighted by atomic mass is 9.95. The minimum Gasteiger partial charge on any atom is -0.508 e. The number of anilines is 1. The zero-order valence-corrected chi connectivity index (χ0v) is 18.7. The number of carbonyl (C=O) groups excluding carboxylic acids is 1. The van der Waals surface area contributed by atoms with E-state index in [1.807, 2.05) is 42.6 Å². The molecule has 1 aliphatic heterocycles. The van der Waals surface area contributed by atoms with Gasteiger partial charge in [0.1, 0.15) is 11.1 Å². The number of aromatic hydroxyl groups is 1. The van der Waals surface area contributed by atoms with Crippen LogP contribution in [0.1, 0.15) is 41.8 Å².